The number of hydrogen-bond donors (Lipinski definition) is 0. The van der Waals surface area contributed by atoms with Crippen molar-refractivity contribution < 1.29 is 13.2 Å². The number of rotatable bonds is 1. The van der Waals surface area contributed by atoms with Gasteiger partial charge in [0, 0.05) is 4.90 Å². The zero-order valence-electron chi connectivity index (χ0n) is 9.12. The number of aryl methyl sites for hydroxylation is 2. The van der Waals surface area contributed by atoms with Crippen LogP contribution in [0.3, 0.4) is 0 Å². The van der Waals surface area contributed by atoms with Crippen molar-refractivity contribution in [3.63, 3.8) is 0 Å². The number of halogens is 3. The molecule has 1 rings (SSSR count). The monoisotopic (exact) mass is 234 g/mol. The fourth-order valence-electron chi connectivity index (χ4n) is 1.53. The van der Waals surface area contributed by atoms with Crippen LogP contribution in [0.5, 0.6) is 0 Å². The van der Waals surface area contributed by atoms with Crippen molar-refractivity contribution in [1.29, 1.82) is 0 Å². The number of thioether (sulfide) groups is 1. The molecule has 15 heavy (non-hydrogen) atoms. The summed E-state index contributed by atoms with van der Waals surface area (Å²) in [5.74, 6) is 0. The molecule has 0 radical (unpaired) electrons. The van der Waals surface area contributed by atoms with Crippen molar-refractivity contribution in [2.75, 3.05) is 0 Å². The second-order valence-electron chi connectivity index (χ2n) is 3.64. The van der Waals surface area contributed by atoms with Crippen molar-refractivity contribution in [3.05, 3.63) is 28.3 Å². The second kappa shape index (κ2) is 4.08. The van der Waals surface area contributed by atoms with E-state index in [0.717, 1.165) is 16.7 Å². The molecule has 0 aromatic heterocycles. The predicted molar refractivity (Wildman–Crippen MR) is 57.3 cm³/mol. The average molecular weight is 234 g/mol. The molecule has 0 aliphatic rings. The molecule has 0 amide bonds. The fourth-order valence-corrected chi connectivity index (χ4v) is 2.29. The zero-order chi connectivity index (χ0) is 11.8. The van der Waals surface area contributed by atoms with E-state index in [2.05, 4.69) is 0 Å². The molecule has 1 aromatic rings. The number of hydrogen-bond acceptors (Lipinski definition) is 1. The van der Waals surface area contributed by atoms with Gasteiger partial charge in [0.1, 0.15) is 0 Å². The van der Waals surface area contributed by atoms with Crippen LogP contribution in [0.1, 0.15) is 22.3 Å². The molecule has 0 unspecified atom stereocenters. The first-order valence-corrected chi connectivity index (χ1v) is 5.37. The number of alkyl halides is 3. The topological polar surface area (TPSA) is 0 Å². The Morgan fingerprint density at radius 2 is 1.47 bits per heavy atom. The second-order valence-corrected chi connectivity index (χ2v) is 4.71. The molecule has 0 aliphatic carbocycles. The van der Waals surface area contributed by atoms with Gasteiger partial charge < -0.3 is 0 Å². The maximum Gasteiger partial charge on any atom is 0.446 e. The van der Waals surface area contributed by atoms with Gasteiger partial charge in [-0.15, -0.1) is 0 Å². The van der Waals surface area contributed by atoms with Crippen molar-refractivity contribution >= 4 is 11.8 Å². The first-order valence-electron chi connectivity index (χ1n) is 4.55. The van der Waals surface area contributed by atoms with E-state index in [9.17, 15) is 13.2 Å². The quantitative estimate of drug-likeness (QED) is 0.643. The largest absolute Gasteiger partial charge is 0.446 e. The Labute approximate surface area is 91.9 Å². The van der Waals surface area contributed by atoms with E-state index in [0.29, 0.717) is 10.5 Å². The summed E-state index contributed by atoms with van der Waals surface area (Å²) in [6, 6.07) is 1.80. The van der Waals surface area contributed by atoms with Crippen LogP contribution in [-0.4, -0.2) is 5.51 Å². The van der Waals surface area contributed by atoms with Crippen LogP contribution in [-0.2, 0) is 0 Å². The molecule has 0 N–H and O–H groups in total. The first kappa shape index (κ1) is 12.4. The lowest BCUT2D eigenvalue weighted by Crippen LogP contribution is -2.03. The number of benzene rings is 1. The molecule has 0 nitrogen and oxygen atoms in total. The van der Waals surface area contributed by atoms with Gasteiger partial charge in [-0.05, 0) is 61.7 Å². The first-order chi connectivity index (χ1) is 6.72. The Bertz CT molecular complexity index is 380. The van der Waals surface area contributed by atoms with Crippen LogP contribution in [0, 0.1) is 27.7 Å². The lowest BCUT2D eigenvalue weighted by molar-refractivity contribution is -0.0328. The smallest absolute Gasteiger partial charge is 0.160 e. The lowest BCUT2D eigenvalue weighted by atomic mass is 10.0. The highest BCUT2D eigenvalue weighted by atomic mass is 32.2. The van der Waals surface area contributed by atoms with Crippen LogP contribution >= 0.6 is 11.8 Å². The molecular formula is C11H13F3S. The minimum atomic E-state index is -4.21. The minimum Gasteiger partial charge on any atom is -0.160 e. The summed E-state index contributed by atoms with van der Waals surface area (Å²) in [4.78, 5) is 0.339. The van der Waals surface area contributed by atoms with Gasteiger partial charge in [-0.1, -0.05) is 6.07 Å². The summed E-state index contributed by atoms with van der Waals surface area (Å²) in [6.07, 6.45) is 0. The summed E-state index contributed by atoms with van der Waals surface area (Å²) in [6.45, 7) is 7.22. The van der Waals surface area contributed by atoms with Gasteiger partial charge in [0.05, 0.1) is 0 Å². The standard InChI is InChI=1S/C11H13F3S/c1-6-5-7(2)10(9(4)8(6)3)15-11(12,13)14/h5H,1-4H3. The van der Waals surface area contributed by atoms with Crippen molar-refractivity contribution in [2.24, 2.45) is 0 Å². The van der Waals surface area contributed by atoms with E-state index in [1.165, 1.54) is 0 Å². The molecule has 0 saturated heterocycles. The molecule has 0 spiro atoms. The highest BCUT2D eigenvalue weighted by Gasteiger charge is 2.31. The Kier molecular flexibility index (Phi) is 3.38. The molecule has 0 heterocycles. The SMILES string of the molecule is Cc1cc(C)c(SC(F)(F)F)c(C)c1C. The highest BCUT2D eigenvalue weighted by molar-refractivity contribution is 8.00. The summed E-state index contributed by atoms with van der Waals surface area (Å²) in [5, 5.41) is 0. The third-order valence-electron chi connectivity index (χ3n) is 2.50. The van der Waals surface area contributed by atoms with Crippen LogP contribution in [0.2, 0.25) is 0 Å². The van der Waals surface area contributed by atoms with E-state index in [1.54, 1.807) is 19.9 Å². The van der Waals surface area contributed by atoms with E-state index in [-0.39, 0.29) is 11.8 Å². The Morgan fingerprint density at radius 1 is 0.933 bits per heavy atom. The summed E-state index contributed by atoms with van der Waals surface area (Å²) >= 11 is -0.0231. The van der Waals surface area contributed by atoms with Gasteiger partial charge in [0.2, 0.25) is 0 Å². The third-order valence-corrected chi connectivity index (χ3v) is 3.57. The Balaban J connectivity index is 3.24. The molecule has 0 fully saturated rings. The maximum absolute atomic E-state index is 12.3. The molecule has 0 aliphatic heterocycles. The van der Waals surface area contributed by atoms with Gasteiger partial charge >= 0.3 is 5.51 Å². The van der Waals surface area contributed by atoms with E-state index < -0.39 is 5.51 Å². The molecule has 84 valence electrons. The molecule has 4 heteroatoms. The van der Waals surface area contributed by atoms with E-state index in [1.807, 2.05) is 13.8 Å². The van der Waals surface area contributed by atoms with Crippen LogP contribution in [0.4, 0.5) is 13.2 Å². The summed E-state index contributed by atoms with van der Waals surface area (Å²) in [7, 11) is 0. The van der Waals surface area contributed by atoms with Gasteiger partial charge in [-0.3, -0.25) is 0 Å². The van der Waals surface area contributed by atoms with E-state index >= 15 is 0 Å². The average Bonchev–Trinajstić information content (AvgIpc) is 2.07. The summed E-state index contributed by atoms with van der Waals surface area (Å²) < 4.78 is 36.9. The molecule has 0 atom stereocenters. The lowest BCUT2D eigenvalue weighted by Gasteiger charge is -2.15. The highest BCUT2D eigenvalue weighted by Crippen LogP contribution is 2.41. The minimum absolute atomic E-state index is 0.0231. The van der Waals surface area contributed by atoms with E-state index in [4.69, 9.17) is 0 Å². The van der Waals surface area contributed by atoms with Gasteiger partial charge in [0.25, 0.3) is 0 Å². The molecule has 0 bridgehead atoms. The fraction of sp³-hybridized carbons (Fsp3) is 0.455. The van der Waals surface area contributed by atoms with Crippen molar-refractivity contribution in [3.8, 4) is 0 Å². The molecule has 0 saturated carbocycles. The van der Waals surface area contributed by atoms with Gasteiger partial charge in [-0.2, -0.15) is 13.2 Å². The molecule has 1 aromatic carbocycles. The van der Waals surface area contributed by atoms with Gasteiger partial charge in [-0.25, -0.2) is 0 Å². The van der Waals surface area contributed by atoms with Crippen LogP contribution in [0.15, 0.2) is 11.0 Å². The van der Waals surface area contributed by atoms with Gasteiger partial charge in [0.15, 0.2) is 0 Å². The van der Waals surface area contributed by atoms with Crippen LogP contribution in [0.25, 0.3) is 0 Å². The van der Waals surface area contributed by atoms with Crippen LogP contribution < -0.4 is 0 Å². The maximum atomic E-state index is 12.3. The predicted octanol–water partition coefficient (Wildman–Crippen LogP) is 4.53. The third kappa shape index (κ3) is 2.91. The normalized spacial score (nSPS) is 11.9. The zero-order valence-corrected chi connectivity index (χ0v) is 9.94. The van der Waals surface area contributed by atoms with Crippen molar-refractivity contribution in [1.82, 2.24) is 0 Å². The summed E-state index contributed by atoms with van der Waals surface area (Å²) in [5.41, 5.74) is -0.811. The Hall–Kier alpha value is -0.640. The van der Waals surface area contributed by atoms with Crippen molar-refractivity contribution in [2.45, 2.75) is 38.1 Å². The Morgan fingerprint density at radius 3 is 1.93 bits per heavy atom. The molecular weight excluding hydrogens is 221 g/mol.